The normalized spacial score (nSPS) is 11.5. The maximum absolute atomic E-state index is 12.9. The van der Waals surface area contributed by atoms with Crippen molar-refractivity contribution in [2.75, 3.05) is 5.32 Å². The maximum atomic E-state index is 12.9. The molecule has 0 heterocycles. The highest BCUT2D eigenvalue weighted by Crippen LogP contribution is 2.21. The summed E-state index contributed by atoms with van der Waals surface area (Å²) < 4.78 is 5.89. The van der Waals surface area contributed by atoms with E-state index in [0.717, 1.165) is 6.42 Å². The summed E-state index contributed by atoms with van der Waals surface area (Å²) in [6, 6.07) is 23.8. The average Bonchev–Trinajstić information content (AvgIpc) is 2.78. The summed E-state index contributed by atoms with van der Waals surface area (Å²) in [6.45, 7) is 3.98. The fourth-order valence-corrected chi connectivity index (χ4v) is 3.04. The van der Waals surface area contributed by atoms with Crippen LogP contribution in [0.4, 0.5) is 5.69 Å². The van der Waals surface area contributed by atoms with Gasteiger partial charge in [0.25, 0.3) is 5.91 Å². The maximum Gasteiger partial charge on any atom is 0.265 e. The first-order chi connectivity index (χ1) is 14.1. The van der Waals surface area contributed by atoms with E-state index in [-0.39, 0.29) is 11.7 Å². The van der Waals surface area contributed by atoms with Gasteiger partial charge in [-0.15, -0.1) is 0 Å². The number of anilines is 1. The molecule has 0 saturated carbocycles. The van der Waals surface area contributed by atoms with Crippen molar-refractivity contribution in [3.05, 3.63) is 95.6 Å². The van der Waals surface area contributed by atoms with Gasteiger partial charge in [-0.3, -0.25) is 9.59 Å². The van der Waals surface area contributed by atoms with Crippen LogP contribution in [-0.2, 0) is 11.2 Å². The molecule has 1 amide bonds. The summed E-state index contributed by atoms with van der Waals surface area (Å²) in [5.41, 5.74) is 2.72. The molecule has 3 aromatic carbocycles. The second-order valence-corrected chi connectivity index (χ2v) is 6.74. The molecule has 0 fully saturated rings. The third kappa shape index (κ3) is 5.11. The number of benzene rings is 3. The molecule has 3 aromatic rings. The number of para-hydroxylation sites is 1. The zero-order chi connectivity index (χ0) is 20.6. The fraction of sp³-hybridized carbons (Fsp3) is 0.200. The first-order valence-electron chi connectivity index (χ1n) is 9.87. The number of ether oxygens (including phenoxy) is 1. The molecule has 0 aromatic heterocycles. The molecule has 29 heavy (non-hydrogen) atoms. The van der Waals surface area contributed by atoms with E-state index in [1.165, 1.54) is 5.56 Å². The van der Waals surface area contributed by atoms with Crippen molar-refractivity contribution < 1.29 is 14.3 Å². The van der Waals surface area contributed by atoms with E-state index in [2.05, 4.69) is 12.2 Å². The summed E-state index contributed by atoms with van der Waals surface area (Å²) in [7, 11) is 0. The van der Waals surface area contributed by atoms with Crippen LogP contribution in [0.5, 0.6) is 5.75 Å². The minimum absolute atomic E-state index is 0.134. The van der Waals surface area contributed by atoms with E-state index >= 15 is 0 Å². The van der Waals surface area contributed by atoms with Gasteiger partial charge >= 0.3 is 0 Å². The molecule has 0 unspecified atom stereocenters. The van der Waals surface area contributed by atoms with Crippen molar-refractivity contribution in [2.45, 2.75) is 32.8 Å². The second-order valence-electron chi connectivity index (χ2n) is 6.74. The first kappa shape index (κ1) is 20.3. The number of rotatable bonds is 8. The van der Waals surface area contributed by atoms with Gasteiger partial charge < -0.3 is 10.1 Å². The van der Waals surface area contributed by atoms with E-state index in [9.17, 15) is 9.59 Å². The van der Waals surface area contributed by atoms with Gasteiger partial charge in [0.15, 0.2) is 11.9 Å². The number of hydrogen-bond donors (Lipinski definition) is 1. The van der Waals surface area contributed by atoms with Crippen LogP contribution >= 0.6 is 0 Å². The monoisotopic (exact) mass is 387 g/mol. The summed E-state index contributed by atoms with van der Waals surface area (Å²) in [6.07, 6.45) is 0.808. The Kier molecular flexibility index (Phi) is 6.80. The number of hydrogen-bond acceptors (Lipinski definition) is 3. The lowest BCUT2D eigenvalue weighted by Gasteiger charge is -2.18. The van der Waals surface area contributed by atoms with Crippen LogP contribution < -0.4 is 10.1 Å². The molecule has 3 rings (SSSR count). The van der Waals surface area contributed by atoms with Crippen LogP contribution in [0.25, 0.3) is 0 Å². The molecule has 0 radical (unpaired) electrons. The molecule has 0 aliphatic heterocycles. The summed E-state index contributed by atoms with van der Waals surface area (Å²) in [5, 5.41) is 2.87. The third-order valence-electron chi connectivity index (χ3n) is 4.74. The summed E-state index contributed by atoms with van der Waals surface area (Å²) in [4.78, 5) is 25.7. The Morgan fingerprint density at radius 2 is 1.52 bits per heavy atom. The molecule has 1 atom stereocenters. The standard InChI is InChI=1S/C25H25NO3/c1-3-18-14-16-20(17-15-18)29-23(4-2)25(28)26-22-13-9-8-12-21(22)24(27)19-10-6-5-7-11-19/h5-17,23H,3-4H2,1-2H3,(H,26,28)/t23-/m1/s1. The molecule has 0 spiro atoms. The van der Waals surface area contributed by atoms with Gasteiger partial charge in [0.2, 0.25) is 0 Å². The van der Waals surface area contributed by atoms with Gasteiger partial charge in [0.05, 0.1) is 5.69 Å². The molecule has 1 N–H and O–H groups in total. The minimum Gasteiger partial charge on any atom is -0.481 e. The highest BCUT2D eigenvalue weighted by atomic mass is 16.5. The number of carbonyl (C=O) groups excluding carboxylic acids is 2. The lowest BCUT2D eigenvalue weighted by Crippen LogP contribution is -2.32. The number of aryl methyl sites for hydroxylation is 1. The van der Waals surface area contributed by atoms with Crippen LogP contribution in [0, 0.1) is 0 Å². The van der Waals surface area contributed by atoms with Gasteiger partial charge in [0.1, 0.15) is 5.75 Å². The summed E-state index contributed by atoms with van der Waals surface area (Å²) in [5.74, 6) is 0.240. The Morgan fingerprint density at radius 3 is 2.17 bits per heavy atom. The molecule has 0 aliphatic carbocycles. The Balaban J connectivity index is 1.76. The Labute approximate surface area is 171 Å². The van der Waals surface area contributed by atoms with E-state index in [1.54, 1.807) is 36.4 Å². The fourth-order valence-electron chi connectivity index (χ4n) is 3.04. The predicted octanol–water partition coefficient (Wildman–Crippen LogP) is 5.28. The molecule has 148 valence electrons. The molecule has 0 aliphatic rings. The molecule has 4 nitrogen and oxygen atoms in total. The van der Waals surface area contributed by atoms with Crippen molar-refractivity contribution in [1.82, 2.24) is 0 Å². The van der Waals surface area contributed by atoms with Crippen molar-refractivity contribution in [1.29, 1.82) is 0 Å². The Morgan fingerprint density at radius 1 is 0.862 bits per heavy atom. The van der Waals surface area contributed by atoms with Gasteiger partial charge in [0, 0.05) is 11.1 Å². The highest BCUT2D eigenvalue weighted by molar-refractivity contribution is 6.14. The third-order valence-corrected chi connectivity index (χ3v) is 4.74. The predicted molar refractivity (Wildman–Crippen MR) is 115 cm³/mol. The van der Waals surface area contributed by atoms with Crippen molar-refractivity contribution in [2.24, 2.45) is 0 Å². The van der Waals surface area contributed by atoms with Gasteiger partial charge in [-0.1, -0.05) is 68.4 Å². The smallest absolute Gasteiger partial charge is 0.265 e. The van der Waals surface area contributed by atoms with Crippen LogP contribution in [0.2, 0.25) is 0 Å². The van der Waals surface area contributed by atoms with Crippen LogP contribution in [0.3, 0.4) is 0 Å². The van der Waals surface area contributed by atoms with Crippen LogP contribution in [0.1, 0.15) is 41.8 Å². The van der Waals surface area contributed by atoms with E-state index in [1.807, 2.05) is 49.4 Å². The Bertz CT molecular complexity index is 965. The van der Waals surface area contributed by atoms with E-state index in [0.29, 0.717) is 29.0 Å². The second kappa shape index (κ2) is 9.69. The zero-order valence-corrected chi connectivity index (χ0v) is 16.7. The quantitative estimate of drug-likeness (QED) is 0.535. The topological polar surface area (TPSA) is 55.4 Å². The molecular formula is C25H25NO3. The van der Waals surface area contributed by atoms with Crippen molar-refractivity contribution >= 4 is 17.4 Å². The number of nitrogens with one attached hydrogen (secondary N) is 1. The first-order valence-corrected chi connectivity index (χ1v) is 9.87. The lowest BCUT2D eigenvalue weighted by molar-refractivity contribution is -0.122. The average molecular weight is 387 g/mol. The van der Waals surface area contributed by atoms with Gasteiger partial charge in [-0.25, -0.2) is 0 Å². The van der Waals surface area contributed by atoms with Crippen molar-refractivity contribution in [3.8, 4) is 5.75 Å². The minimum atomic E-state index is -0.651. The Hall–Kier alpha value is -3.40. The van der Waals surface area contributed by atoms with Crippen molar-refractivity contribution in [3.63, 3.8) is 0 Å². The highest BCUT2D eigenvalue weighted by Gasteiger charge is 2.21. The molecular weight excluding hydrogens is 362 g/mol. The number of carbonyl (C=O) groups is 2. The van der Waals surface area contributed by atoms with E-state index in [4.69, 9.17) is 4.74 Å². The summed E-state index contributed by atoms with van der Waals surface area (Å²) >= 11 is 0. The van der Waals surface area contributed by atoms with Crippen LogP contribution in [0.15, 0.2) is 78.9 Å². The lowest BCUT2D eigenvalue weighted by atomic mass is 10.0. The van der Waals surface area contributed by atoms with Gasteiger partial charge in [-0.2, -0.15) is 0 Å². The SMILES string of the molecule is CCc1ccc(O[C@H](CC)C(=O)Nc2ccccc2C(=O)c2ccccc2)cc1. The molecule has 0 saturated heterocycles. The molecule has 4 heteroatoms. The largest absolute Gasteiger partial charge is 0.481 e. The number of amides is 1. The van der Waals surface area contributed by atoms with E-state index < -0.39 is 6.10 Å². The van der Waals surface area contributed by atoms with Crippen LogP contribution in [-0.4, -0.2) is 17.8 Å². The van der Waals surface area contributed by atoms with Gasteiger partial charge in [-0.05, 0) is 42.7 Å². The number of ketones is 1. The zero-order valence-electron chi connectivity index (χ0n) is 16.7. The molecule has 0 bridgehead atoms.